The van der Waals surface area contributed by atoms with Gasteiger partial charge in [-0.15, -0.1) is 11.6 Å². The zero-order valence-corrected chi connectivity index (χ0v) is 13.9. The zero-order valence-electron chi connectivity index (χ0n) is 11.6. The second-order valence-electron chi connectivity index (χ2n) is 5.08. The molecule has 0 N–H and O–H groups in total. The highest BCUT2D eigenvalue weighted by Gasteiger charge is 2.25. The molecule has 0 saturated carbocycles. The Morgan fingerprint density at radius 2 is 2.35 bits per heavy atom. The first-order valence-electron chi connectivity index (χ1n) is 6.84. The Hall–Kier alpha value is -0.740. The van der Waals surface area contributed by atoms with Crippen molar-refractivity contribution in [2.24, 2.45) is 5.92 Å². The minimum absolute atomic E-state index is 0.0497. The number of benzene rings is 1. The fourth-order valence-corrected chi connectivity index (χ4v) is 3.30. The number of rotatable bonds is 4. The lowest BCUT2D eigenvalue weighted by atomic mass is 9.95. The molecule has 1 aromatic rings. The molecule has 1 aromatic carbocycles. The standard InChI is InChI=1S/C15H19BrClNO2/c1-20-14-9-12(16)4-5-13(14)15(19)18-8-2-3-11(10-18)6-7-17/h4-5,9,11H,2-3,6-8,10H2,1H3. The Labute approximate surface area is 133 Å². The Balaban J connectivity index is 2.14. The van der Waals surface area contributed by atoms with Gasteiger partial charge >= 0.3 is 0 Å². The summed E-state index contributed by atoms with van der Waals surface area (Å²) in [5.41, 5.74) is 0.627. The van der Waals surface area contributed by atoms with Crippen LogP contribution in [0.15, 0.2) is 22.7 Å². The third-order valence-electron chi connectivity index (χ3n) is 3.72. The topological polar surface area (TPSA) is 29.5 Å². The van der Waals surface area contributed by atoms with Crippen molar-refractivity contribution < 1.29 is 9.53 Å². The highest BCUT2D eigenvalue weighted by atomic mass is 79.9. The fraction of sp³-hybridized carbons (Fsp3) is 0.533. The summed E-state index contributed by atoms with van der Waals surface area (Å²) < 4.78 is 6.22. The Kier molecular flexibility index (Phi) is 5.73. The van der Waals surface area contributed by atoms with Crippen molar-refractivity contribution in [2.75, 3.05) is 26.1 Å². The van der Waals surface area contributed by atoms with Gasteiger partial charge < -0.3 is 9.64 Å². The molecule has 0 spiro atoms. The molecule has 0 radical (unpaired) electrons. The first-order valence-corrected chi connectivity index (χ1v) is 8.17. The van der Waals surface area contributed by atoms with Gasteiger partial charge in [-0.1, -0.05) is 15.9 Å². The summed E-state index contributed by atoms with van der Waals surface area (Å²) in [6, 6.07) is 5.51. The molecule has 1 fully saturated rings. The van der Waals surface area contributed by atoms with Crippen molar-refractivity contribution in [1.82, 2.24) is 4.90 Å². The molecule has 3 nitrogen and oxygen atoms in total. The maximum atomic E-state index is 12.6. The van der Waals surface area contributed by atoms with Crippen LogP contribution in [0.25, 0.3) is 0 Å². The monoisotopic (exact) mass is 359 g/mol. The summed E-state index contributed by atoms with van der Waals surface area (Å²) >= 11 is 9.21. The number of amides is 1. The van der Waals surface area contributed by atoms with E-state index in [1.165, 1.54) is 0 Å². The zero-order chi connectivity index (χ0) is 14.5. The number of hydrogen-bond acceptors (Lipinski definition) is 2. The molecule has 1 unspecified atom stereocenters. The van der Waals surface area contributed by atoms with Gasteiger partial charge in [-0.25, -0.2) is 0 Å². The van der Waals surface area contributed by atoms with Crippen molar-refractivity contribution in [3.8, 4) is 5.75 Å². The smallest absolute Gasteiger partial charge is 0.257 e. The molecule has 1 heterocycles. The van der Waals surface area contributed by atoms with Crippen LogP contribution >= 0.6 is 27.5 Å². The van der Waals surface area contributed by atoms with E-state index in [9.17, 15) is 4.79 Å². The van der Waals surface area contributed by atoms with Crippen LogP contribution in [-0.4, -0.2) is 36.9 Å². The minimum atomic E-state index is 0.0497. The van der Waals surface area contributed by atoms with Gasteiger partial charge in [0.2, 0.25) is 0 Å². The molecular weight excluding hydrogens is 342 g/mol. The lowest BCUT2D eigenvalue weighted by Gasteiger charge is -2.33. The number of hydrogen-bond donors (Lipinski definition) is 0. The molecule has 1 aliphatic heterocycles. The number of carbonyl (C=O) groups is 1. The number of likely N-dealkylation sites (tertiary alicyclic amines) is 1. The average Bonchev–Trinajstić information content (AvgIpc) is 2.47. The molecule has 0 aliphatic carbocycles. The largest absolute Gasteiger partial charge is 0.496 e. The van der Waals surface area contributed by atoms with Crippen LogP contribution in [0.3, 0.4) is 0 Å². The highest BCUT2D eigenvalue weighted by Crippen LogP contribution is 2.27. The van der Waals surface area contributed by atoms with E-state index >= 15 is 0 Å². The van der Waals surface area contributed by atoms with E-state index < -0.39 is 0 Å². The number of halogens is 2. The van der Waals surface area contributed by atoms with Crippen LogP contribution in [0, 0.1) is 5.92 Å². The molecule has 2 rings (SSSR count). The molecule has 110 valence electrons. The van der Waals surface area contributed by atoms with Gasteiger partial charge in [-0.2, -0.15) is 0 Å². The van der Waals surface area contributed by atoms with Gasteiger partial charge in [0, 0.05) is 23.4 Å². The Morgan fingerprint density at radius 3 is 3.05 bits per heavy atom. The van der Waals surface area contributed by atoms with Crippen molar-refractivity contribution in [3.63, 3.8) is 0 Å². The normalized spacial score (nSPS) is 18.9. The van der Waals surface area contributed by atoms with Crippen LogP contribution in [-0.2, 0) is 0 Å². The van der Waals surface area contributed by atoms with Gasteiger partial charge in [0.25, 0.3) is 5.91 Å². The van der Waals surface area contributed by atoms with E-state index in [2.05, 4.69) is 15.9 Å². The summed E-state index contributed by atoms with van der Waals surface area (Å²) in [6.07, 6.45) is 3.18. The molecule has 20 heavy (non-hydrogen) atoms. The van der Waals surface area contributed by atoms with Crippen LogP contribution < -0.4 is 4.74 Å². The van der Waals surface area contributed by atoms with E-state index in [-0.39, 0.29) is 5.91 Å². The lowest BCUT2D eigenvalue weighted by molar-refractivity contribution is 0.0668. The molecule has 1 saturated heterocycles. The SMILES string of the molecule is COc1cc(Br)ccc1C(=O)N1CCCC(CCCl)C1. The van der Waals surface area contributed by atoms with Crippen molar-refractivity contribution >= 4 is 33.4 Å². The average molecular weight is 361 g/mol. The number of carbonyl (C=O) groups excluding carboxylic acids is 1. The van der Waals surface area contributed by atoms with E-state index in [1.54, 1.807) is 7.11 Å². The Bertz CT molecular complexity index is 479. The van der Waals surface area contributed by atoms with E-state index in [0.717, 1.165) is 36.8 Å². The lowest BCUT2D eigenvalue weighted by Crippen LogP contribution is -2.40. The first kappa shape index (κ1) is 15.6. The third kappa shape index (κ3) is 3.67. The van der Waals surface area contributed by atoms with Gasteiger partial charge in [0.05, 0.1) is 12.7 Å². The number of nitrogens with zero attached hydrogens (tertiary/aromatic N) is 1. The van der Waals surface area contributed by atoms with Crippen molar-refractivity contribution in [2.45, 2.75) is 19.3 Å². The van der Waals surface area contributed by atoms with Crippen LogP contribution in [0.5, 0.6) is 5.75 Å². The van der Waals surface area contributed by atoms with Crippen LogP contribution in [0.2, 0.25) is 0 Å². The van der Waals surface area contributed by atoms with Gasteiger partial charge in [-0.3, -0.25) is 4.79 Å². The molecule has 0 aromatic heterocycles. The molecular formula is C15H19BrClNO2. The third-order valence-corrected chi connectivity index (χ3v) is 4.43. The molecule has 1 amide bonds. The maximum Gasteiger partial charge on any atom is 0.257 e. The Morgan fingerprint density at radius 1 is 1.55 bits per heavy atom. The van der Waals surface area contributed by atoms with Crippen LogP contribution in [0.1, 0.15) is 29.6 Å². The highest BCUT2D eigenvalue weighted by molar-refractivity contribution is 9.10. The van der Waals surface area contributed by atoms with Crippen LogP contribution in [0.4, 0.5) is 0 Å². The quantitative estimate of drug-likeness (QED) is 0.761. The maximum absolute atomic E-state index is 12.6. The van der Waals surface area contributed by atoms with E-state index in [0.29, 0.717) is 23.1 Å². The predicted molar refractivity (Wildman–Crippen MR) is 84.7 cm³/mol. The summed E-state index contributed by atoms with van der Waals surface area (Å²) in [6.45, 7) is 1.61. The van der Waals surface area contributed by atoms with Gasteiger partial charge in [0.1, 0.15) is 5.75 Å². The molecule has 1 atom stereocenters. The van der Waals surface area contributed by atoms with Crippen molar-refractivity contribution in [1.29, 1.82) is 0 Å². The summed E-state index contributed by atoms with van der Waals surface area (Å²) in [4.78, 5) is 14.6. The number of piperidine rings is 1. The molecule has 5 heteroatoms. The number of methoxy groups -OCH3 is 1. The second kappa shape index (κ2) is 7.32. The summed E-state index contributed by atoms with van der Waals surface area (Å²) in [7, 11) is 1.59. The van der Waals surface area contributed by atoms with E-state index in [4.69, 9.17) is 16.3 Å². The minimum Gasteiger partial charge on any atom is -0.496 e. The number of ether oxygens (including phenoxy) is 1. The summed E-state index contributed by atoms with van der Waals surface area (Å²) in [5.74, 6) is 1.85. The van der Waals surface area contributed by atoms with E-state index in [1.807, 2.05) is 23.1 Å². The fourth-order valence-electron chi connectivity index (χ4n) is 2.65. The molecule has 0 bridgehead atoms. The van der Waals surface area contributed by atoms with Gasteiger partial charge in [0.15, 0.2) is 0 Å². The first-order chi connectivity index (χ1) is 9.65. The second-order valence-corrected chi connectivity index (χ2v) is 6.38. The number of alkyl halides is 1. The molecule has 1 aliphatic rings. The van der Waals surface area contributed by atoms with Crippen molar-refractivity contribution in [3.05, 3.63) is 28.2 Å². The van der Waals surface area contributed by atoms with Gasteiger partial charge in [-0.05, 0) is 43.4 Å². The predicted octanol–water partition coefficient (Wildman–Crippen LogP) is 3.94. The summed E-state index contributed by atoms with van der Waals surface area (Å²) in [5, 5.41) is 0.